The van der Waals surface area contributed by atoms with Crippen molar-refractivity contribution in [3.8, 4) is 0 Å². The van der Waals surface area contributed by atoms with Gasteiger partial charge in [0, 0.05) is 13.2 Å². The van der Waals surface area contributed by atoms with Gasteiger partial charge in [0.15, 0.2) is 0 Å². The first kappa shape index (κ1) is 17.0. The zero-order valence-corrected chi connectivity index (χ0v) is 12.9. The molecule has 2 heterocycles. The molecule has 0 saturated carbocycles. The number of urea groups is 1. The zero-order chi connectivity index (χ0) is 17.3. The number of carbonyl (C=O) groups excluding carboxylic acids is 1. The first-order valence-corrected chi connectivity index (χ1v) is 7.84. The molecule has 0 aromatic heterocycles. The summed E-state index contributed by atoms with van der Waals surface area (Å²) in [6.07, 6.45) is -4.27. The smallest absolute Gasteiger partial charge is 0.391 e. The number of halogens is 3. The highest BCUT2D eigenvalue weighted by atomic mass is 19.4. The maximum atomic E-state index is 12.9. The van der Waals surface area contributed by atoms with Crippen molar-refractivity contribution in [2.45, 2.75) is 37.2 Å². The van der Waals surface area contributed by atoms with Gasteiger partial charge in [-0.05, 0) is 30.5 Å². The molecule has 8 heteroatoms. The fourth-order valence-electron chi connectivity index (χ4n) is 3.18. The van der Waals surface area contributed by atoms with Gasteiger partial charge in [0.05, 0.1) is 30.4 Å². The first-order valence-electron chi connectivity index (χ1n) is 7.84. The van der Waals surface area contributed by atoms with E-state index in [-0.39, 0.29) is 25.0 Å². The highest BCUT2D eigenvalue weighted by Gasteiger charge is 2.38. The SMILES string of the molecule is O=C(NC1CCOC1)N1CC(O)CC1c1cccc(C(F)(F)F)c1. The minimum atomic E-state index is -4.44. The second-order valence-corrected chi connectivity index (χ2v) is 6.19. The monoisotopic (exact) mass is 344 g/mol. The van der Waals surface area contributed by atoms with Crippen LogP contribution in [0.15, 0.2) is 24.3 Å². The van der Waals surface area contributed by atoms with Gasteiger partial charge in [0.25, 0.3) is 0 Å². The summed E-state index contributed by atoms with van der Waals surface area (Å²) >= 11 is 0. The largest absolute Gasteiger partial charge is 0.416 e. The molecule has 2 N–H and O–H groups in total. The number of β-amino-alcohol motifs (C(OH)–C–C–N with tert-alkyl or cyclic N) is 1. The van der Waals surface area contributed by atoms with E-state index >= 15 is 0 Å². The minimum absolute atomic E-state index is 0.0975. The molecule has 5 nitrogen and oxygen atoms in total. The number of carbonyl (C=O) groups is 1. The van der Waals surface area contributed by atoms with Crippen molar-refractivity contribution in [1.82, 2.24) is 10.2 Å². The number of hydrogen-bond donors (Lipinski definition) is 2. The average Bonchev–Trinajstić information content (AvgIpc) is 3.16. The van der Waals surface area contributed by atoms with Crippen LogP contribution < -0.4 is 5.32 Å². The van der Waals surface area contributed by atoms with Crippen molar-refractivity contribution in [3.05, 3.63) is 35.4 Å². The Kier molecular flexibility index (Phi) is 4.69. The van der Waals surface area contributed by atoms with Gasteiger partial charge in [0.1, 0.15) is 0 Å². The quantitative estimate of drug-likeness (QED) is 0.866. The number of likely N-dealkylation sites (tertiary alicyclic amines) is 1. The Morgan fingerprint density at radius 1 is 1.38 bits per heavy atom. The van der Waals surface area contributed by atoms with Crippen LogP contribution in [0.2, 0.25) is 0 Å². The highest BCUT2D eigenvalue weighted by molar-refractivity contribution is 5.75. The molecule has 24 heavy (non-hydrogen) atoms. The van der Waals surface area contributed by atoms with E-state index in [0.29, 0.717) is 25.2 Å². The van der Waals surface area contributed by atoms with Gasteiger partial charge < -0.3 is 20.1 Å². The molecule has 3 rings (SSSR count). The lowest BCUT2D eigenvalue weighted by molar-refractivity contribution is -0.137. The van der Waals surface area contributed by atoms with Crippen LogP contribution >= 0.6 is 0 Å². The van der Waals surface area contributed by atoms with Crippen molar-refractivity contribution in [2.75, 3.05) is 19.8 Å². The molecule has 1 aromatic rings. The van der Waals surface area contributed by atoms with E-state index in [1.165, 1.54) is 11.0 Å². The molecule has 0 aliphatic carbocycles. The molecule has 0 bridgehead atoms. The lowest BCUT2D eigenvalue weighted by Crippen LogP contribution is -2.45. The van der Waals surface area contributed by atoms with E-state index in [1.807, 2.05) is 0 Å². The predicted octanol–water partition coefficient (Wildman–Crippen LogP) is 2.31. The number of nitrogens with one attached hydrogen (secondary N) is 1. The topological polar surface area (TPSA) is 61.8 Å². The van der Waals surface area contributed by atoms with Crippen LogP contribution in [0, 0.1) is 0 Å². The van der Waals surface area contributed by atoms with Gasteiger partial charge in [-0.2, -0.15) is 13.2 Å². The standard InChI is InChI=1S/C16H19F3N2O3/c17-16(18,19)11-3-1-2-10(6-11)14-7-13(22)8-21(14)15(23)20-12-4-5-24-9-12/h1-3,6,12-14,22H,4-5,7-9H2,(H,20,23). The van der Waals surface area contributed by atoms with E-state index in [0.717, 1.165) is 12.1 Å². The van der Waals surface area contributed by atoms with Crippen molar-refractivity contribution in [2.24, 2.45) is 0 Å². The molecule has 2 fully saturated rings. The minimum Gasteiger partial charge on any atom is -0.391 e. The molecule has 132 valence electrons. The zero-order valence-electron chi connectivity index (χ0n) is 12.9. The molecule has 0 spiro atoms. The van der Waals surface area contributed by atoms with Crippen molar-refractivity contribution in [3.63, 3.8) is 0 Å². The Hall–Kier alpha value is -1.80. The maximum absolute atomic E-state index is 12.9. The van der Waals surface area contributed by atoms with Gasteiger partial charge in [0.2, 0.25) is 0 Å². The van der Waals surface area contributed by atoms with E-state index < -0.39 is 23.9 Å². The van der Waals surface area contributed by atoms with Gasteiger partial charge in [-0.25, -0.2) is 4.79 Å². The number of nitrogens with zero attached hydrogens (tertiary/aromatic N) is 1. The molecule has 2 aliphatic rings. The average molecular weight is 344 g/mol. The molecular weight excluding hydrogens is 325 g/mol. The van der Waals surface area contributed by atoms with Crippen LogP contribution in [0.4, 0.5) is 18.0 Å². The summed E-state index contributed by atoms with van der Waals surface area (Å²) in [7, 11) is 0. The second kappa shape index (κ2) is 6.60. The second-order valence-electron chi connectivity index (χ2n) is 6.19. The van der Waals surface area contributed by atoms with Gasteiger partial charge in [-0.15, -0.1) is 0 Å². The molecule has 0 radical (unpaired) electrons. The Balaban J connectivity index is 1.78. The number of rotatable bonds is 2. The van der Waals surface area contributed by atoms with E-state index in [9.17, 15) is 23.1 Å². The van der Waals surface area contributed by atoms with E-state index in [1.54, 1.807) is 6.07 Å². The highest BCUT2D eigenvalue weighted by Crippen LogP contribution is 2.36. The molecule has 2 aliphatic heterocycles. The Bertz CT molecular complexity index is 602. The lowest BCUT2D eigenvalue weighted by Gasteiger charge is -2.27. The molecule has 2 amide bonds. The fraction of sp³-hybridized carbons (Fsp3) is 0.562. The summed E-state index contributed by atoms with van der Waals surface area (Å²) in [5.74, 6) is 0. The summed E-state index contributed by atoms with van der Waals surface area (Å²) in [5, 5.41) is 12.7. The van der Waals surface area contributed by atoms with Gasteiger partial charge in [-0.1, -0.05) is 12.1 Å². The van der Waals surface area contributed by atoms with Crippen molar-refractivity contribution in [1.29, 1.82) is 0 Å². The Morgan fingerprint density at radius 2 is 2.17 bits per heavy atom. The third kappa shape index (κ3) is 3.64. The number of amides is 2. The lowest BCUT2D eigenvalue weighted by atomic mass is 10.0. The Labute approximate surface area is 137 Å². The summed E-state index contributed by atoms with van der Waals surface area (Å²) in [6, 6.07) is 3.85. The van der Waals surface area contributed by atoms with Crippen molar-refractivity contribution < 1.29 is 27.8 Å². The number of alkyl halides is 3. The third-order valence-electron chi connectivity index (χ3n) is 4.40. The van der Waals surface area contributed by atoms with E-state index in [4.69, 9.17) is 4.74 Å². The third-order valence-corrected chi connectivity index (χ3v) is 4.40. The Morgan fingerprint density at radius 3 is 2.83 bits per heavy atom. The summed E-state index contributed by atoms with van der Waals surface area (Å²) in [6.45, 7) is 1.10. The molecule has 3 atom stereocenters. The van der Waals surface area contributed by atoms with Crippen LogP contribution in [-0.2, 0) is 10.9 Å². The number of benzene rings is 1. The summed E-state index contributed by atoms with van der Waals surface area (Å²) in [5.41, 5.74) is -0.384. The number of hydrogen-bond acceptors (Lipinski definition) is 3. The number of aliphatic hydroxyl groups is 1. The number of aliphatic hydroxyl groups excluding tert-OH is 1. The van der Waals surface area contributed by atoms with Crippen LogP contribution in [0.25, 0.3) is 0 Å². The predicted molar refractivity (Wildman–Crippen MR) is 79.3 cm³/mol. The summed E-state index contributed by atoms with van der Waals surface area (Å²) in [4.78, 5) is 13.8. The van der Waals surface area contributed by atoms with Crippen LogP contribution in [0.3, 0.4) is 0 Å². The number of ether oxygens (including phenoxy) is 1. The molecule has 2 saturated heterocycles. The summed E-state index contributed by atoms with van der Waals surface area (Å²) < 4.78 is 43.9. The normalized spacial score (nSPS) is 27.5. The van der Waals surface area contributed by atoms with E-state index in [2.05, 4.69) is 5.32 Å². The molecule has 1 aromatic carbocycles. The van der Waals surface area contributed by atoms with Crippen LogP contribution in [0.1, 0.15) is 30.0 Å². The fourth-order valence-corrected chi connectivity index (χ4v) is 3.18. The van der Waals surface area contributed by atoms with Crippen LogP contribution in [0.5, 0.6) is 0 Å². The first-order chi connectivity index (χ1) is 11.3. The van der Waals surface area contributed by atoms with Crippen LogP contribution in [-0.4, -0.2) is 47.9 Å². The van der Waals surface area contributed by atoms with Gasteiger partial charge >= 0.3 is 12.2 Å². The van der Waals surface area contributed by atoms with Gasteiger partial charge in [-0.3, -0.25) is 0 Å². The maximum Gasteiger partial charge on any atom is 0.416 e. The molecule has 3 unspecified atom stereocenters. The molecular formula is C16H19F3N2O3. The van der Waals surface area contributed by atoms with Crippen molar-refractivity contribution >= 4 is 6.03 Å².